The molecule has 1 heterocycles. The fourth-order valence-corrected chi connectivity index (χ4v) is 2.59. The monoisotopic (exact) mass is 246 g/mol. The Hall–Kier alpha value is -1.19. The Morgan fingerprint density at radius 3 is 2.67 bits per heavy atom. The van der Waals surface area contributed by atoms with Gasteiger partial charge in [0.15, 0.2) is 0 Å². The number of benzene rings is 1. The normalized spacial score (nSPS) is 16.7. The van der Waals surface area contributed by atoms with Gasteiger partial charge in [-0.15, -0.1) is 0 Å². The fourth-order valence-electron chi connectivity index (χ4n) is 2.59. The summed E-state index contributed by atoms with van der Waals surface area (Å²) >= 11 is 0. The molecule has 1 N–H and O–H groups in total. The molecule has 1 fully saturated rings. The van der Waals surface area contributed by atoms with Gasteiger partial charge in [0.2, 0.25) is 0 Å². The minimum absolute atomic E-state index is 0.780. The molecule has 18 heavy (non-hydrogen) atoms. The Balaban J connectivity index is 2.14. The maximum Gasteiger partial charge on any atom is 0.150 e. The van der Waals surface area contributed by atoms with Gasteiger partial charge in [0.25, 0.3) is 0 Å². The average molecular weight is 246 g/mol. The first-order valence-electron chi connectivity index (χ1n) is 6.77. The van der Waals surface area contributed by atoms with Gasteiger partial charge in [-0.25, -0.2) is 0 Å². The van der Waals surface area contributed by atoms with Crippen LogP contribution in [-0.4, -0.2) is 31.3 Å². The average Bonchev–Trinajstić information content (AvgIpc) is 2.42. The van der Waals surface area contributed by atoms with E-state index in [0.717, 1.165) is 24.9 Å². The van der Waals surface area contributed by atoms with Crippen molar-refractivity contribution in [2.24, 2.45) is 0 Å². The molecule has 0 aromatic heterocycles. The number of likely N-dealkylation sites (tertiary alicyclic amines) is 1. The van der Waals surface area contributed by atoms with E-state index in [9.17, 15) is 4.79 Å². The standard InChI is InChI=1S/C15H22N2O/c1-16-10-14-6-5-13(12-18)9-15(14)11-17-7-3-2-4-8-17/h5-6,9,12,16H,2-4,7-8,10-11H2,1H3. The van der Waals surface area contributed by atoms with E-state index < -0.39 is 0 Å². The van der Waals surface area contributed by atoms with E-state index in [1.165, 1.54) is 43.5 Å². The molecule has 3 nitrogen and oxygen atoms in total. The number of piperidine rings is 1. The SMILES string of the molecule is CNCc1ccc(C=O)cc1CN1CCCCC1. The number of carbonyl (C=O) groups is 1. The van der Waals surface area contributed by atoms with Crippen LogP contribution in [0, 0.1) is 0 Å². The molecule has 2 rings (SSSR count). The van der Waals surface area contributed by atoms with Crippen LogP contribution in [0.1, 0.15) is 40.7 Å². The molecule has 0 radical (unpaired) electrons. The van der Waals surface area contributed by atoms with Crippen molar-refractivity contribution < 1.29 is 4.79 Å². The second-order valence-corrected chi connectivity index (χ2v) is 5.01. The summed E-state index contributed by atoms with van der Waals surface area (Å²) in [6.07, 6.45) is 4.89. The van der Waals surface area contributed by atoms with Crippen molar-refractivity contribution >= 4 is 6.29 Å². The number of nitrogens with zero attached hydrogens (tertiary/aromatic N) is 1. The lowest BCUT2D eigenvalue weighted by atomic mass is 10.0. The molecule has 0 aliphatic carbocycles. The lowest BCUT2D eigenvalue weighted by Crippen LogP contribution is -2.29. The van der Waals surface area contributed by atoms with Gasteiger partial charge in [-0.2, -0.15) is 0 Å². The molecule has 0 bridgehead atoms. The zero-order chi connectivity index (χ0) is 12.8. The summed E-state index contributed by atoms with van der Waals surface area (Å²) in [5.74, 6) is 0. The van der Waals surface area contributed by atoms with Crippen molar-refractivity contribution in [3.05, 3.63) is 34.9 Å². The highest BCUT2D eigenvalue weighted by molar-refractivity contribution is 5.75. The van der Waals surface area contributed by atoms with Crippen LogP contribution < -0.4 is 5.32 Å². The van der Waals surface area contributed by atoms with Gasteiger partial charge in [-0.3, -0.25) is 9.69 Å². The maximum absolute atomic E-state index is 10.9. The number of rotatable bonds is 5. The first-order chi connectivity index (χ1) is 8.83. The number of hydrogen-bond donors (Lipinski definition) is 1. The summed E-state index contributed by atoms with van der Waals surface area (Å²) < 4.78 is 0. The summed E-state index contributed by atoms with van der Waals surface area (Å²) in [6, 6.07) is 6.01. The van der Waals surface area contributed by atoms with Crippen LogP contribution in [0.3, 0.4) is 0 Å². The zero-order valence-electron chi connectivity index (χ0n) is 11.1. The molecular weight excluding hydrogens is 224 g/mol. The van der Waals surface area contributed by atoms with Gasteiger partial charge in [-0.1, -0.05) is 18.6 Å². The van der Waals surface area contributed by atoms with Crippen LogP contribution in [0.4, 0.5) is 0 Å². The highest BCUT2D eigenvalue weighted by atomic mass is 16.1. The molecule has 1 aromatic carbocycles. The Morgan fingerprint density at radius 1 is 1.22 bits per heavy atom. The van der Waals surface area contributed by atoms with Crippen molar-refractivity contribution in [1.29, 1.82) is 0 Å². The van der Waals surface area contributed by atoms with E-state index in [0.29, 0.717) is 0 Å². The molecule has 1 saturated heterocycles. The van der Waals surface area contributed by atoms with Crippen molar-refractivity contribution in [3.8, 4) is 0 Å². The summed E-state index contributed by atoms with van der Waals surface area (Å²) in [5.41, 5.74) is 3.37. The third kappa shape index (κ3) is 3.40. The van der Waals surface area contributed by atoms with Gasteiger partial charge < -0.3 is 5.32 Å². The molecule has 0 unspecified atom stereocenters. The highest BCUT2D eigenvalue weighted by Crippen LogP contribution is 2.17. The lowest BCUT2D eigenvalue weighted by Gasteiger charge is -2.27. The predicted molar refractivity (Wildman–Crippen MR) is 73.7 cm³/mol. The van der Waals surface area contributed by atoms with Crippen molar-refractivity contribution in [2.75, 3.05) is 20.1 Å². The van der Waals surface area contributed by atoms with Crippen LogP contribution in [0.15, 0.2) is 18.2 Å². The van der Waals surface area contributed by atoms with Crippen molar-refractivity contribution in [2.45, 2.75) is 32.4 Å². The largest absolute Gasteiger partial charge is 0.316 e. The molecule has 0 spiro atoms. The summed E-state index contributed by atoms with van der Waals surface area (Å²) in [5, 5.41) is 3.19. The van der Waals surface area contributed by atoms with Crippen LogP contribution in [-0.2, 0) is 13.1 Å². The highest BCUT2D eigenvalue weighted by Gasteiger charge is 2.12. The van der Waals surface area contributed by atoms with E-state index in [-0.39, 0.29) is 0 Å². The Kier molecular flexibility index (Phi) is 4.90. The van der Waals surface area contributed by atoms with Gasteiger partial charge in [-0.05, 0) is 50.2 Å². The zero-order valence-corrected chi connectivity index (χ0v) is 11.1. The fraction of sp³-hybridized carbons (Fsp3) is 0.533. The summed E-state index contributed by atoms with van der Waals surface area (Å²) in [7, 11) is 1.96. The van der Waals surface area contributed by atoms with Gasteiger partial charge in [0.05, 0.1) is 0 Å². The molecule has 0 atom stereocenters. The topological polar surface area (TPSA) is 32.3 Å². The second kappa shape index (κ2) is 6.66. The predicted octanol–water partition coefficient (Wildman–Crippen LogP) is 2.20. The minimum Gasteiger partial charge on any atom is -0.316 e. The summed E-state index contributed by atoms with van der Waals surface area (Å²) in [6.45, 7) is 4.20. The van der Waals surface area contributed by atoms with E-state index in [4.69, 9.17) is 0 Å². The van der Waals surface area contributed by atoms with Gasteiger partial charge in [0, 0.05) is 18.7 Å². The first kappa shape index (κ1) is 13.2. The second-order valence-electron chi connectivity index (χ2n) is 5.01. The minimum atomic E-state index is 0.780. The molecule has 98 valence electrons. The maximum atomic E-state index is 10.9. The molecule has 1 aromatic rings. The third-order valence-corrected chi connectivity index (χ3v) is 3.58. The van der Waals surface area contributed by atoms with Crippen LogP contribution in [0.5, 0.6) is 0 Å². The Bertz CT molecular complexity index is 397. The van der Waals surface area contributed by atoms with Crippen molar-refractivity contribution in [1.82, 2.24) is 10.2 Å². The first-order valence-corrected chi connectivity index (χ1v) is 6.77. The van der Waals surface area contributed by atoms with E-state index in [1.807, 2.05) is 19.2 Å². The molecule has 0 amide bonds. The lowest BCUT2D eigenvalue weighted by molar-refractivity contribution is 0.112. The third-order valence-electron chi connectivity index (χ3n) is 3.58. The van der Waals surface area contributed by atoms with Gasteiger partial charge in [0.1, 0.15) is 6.29 Å². The molecule has 3 heteroatoms. The quantitative estimate of drug-likeness (QED) is 0.808. The molecule has 1 aliphatic heterocycles. The number of hydrogen-bond acceptors (Lipinski definition) is 3. The van der Waals surface area contributed by atoms with Gasteiger partial charge >= 0.3 is 0 Å². The smallest absolute Gasteiger partial charge is 0.150 e. The molecule has 0 saturated carbocycles. The Morgan fingerprint density at radius 2 is 2.00 bits per heavy atom. The number of carbonyl (C=O) groups excluding carboxylic acids is 1. The Labute approximate surface area is 109 Å². The molecular formula is C15H22N2O. The van der Waals surface area contributed by atoms with E-state index >= 15 is 0 Å². The van der Waals surface area contributed by atoms with E-state index in [2.05, 4.69) is 16.3 Å². The summed E-state index contributed by atoms with van der Waals surface area (Å²) in [4.78, 5) is 13.4. The van der Waals surface area contributed by atoms with Crippen LogP contribution in [0.2, 0.25) is 0 Å². The number of nitrogens with one attached hydrogen (secondary N) is 1. The van der Waals surface area contributed by atoms with E-state index in [1.54, 1.807) is 0 Å². The number of aldehydes is 1. The molecule has 1 aliphatic rings. The van der Waals surface area contributed by atoms with Crippen LogP contribution in [0.25, 0.3) is 0 Å². The van der Waals surface area contributed by atoms with Crippen molar-refractivity contribution in [3.63, 3.8) is 0 Å². The van der Waals surface area contributed by atoms with Crippen LogP contribution >= 0.6 is 0 Å².